The Kier molecular flexibility index (Phi) is 6.50. The quantitative estimate of drug-likeness (QED) is 0.612. The molecule has 1 heterocycles. The van der Waals surface area contributed by atoms with Crippen molar-refractivity contribution in [2.45, 2.75) is 20.1 Å². The van der Waals surface area contributed by atoms with Crippen molar-refractivity contribution in [3.05, 3.63) is 86.2 Å². The Labute approximate surface area is 178 Å². The number of benzene rings is 2. The lowest BCUT2D eigenvalue weighted by molar-refractivity contribution is 0.149. The Balaban J connectivity index is 1.93. The molecule has 3 aromatic rings. The average Bonchev–Trinajstić information content (AvgIpc) is 2.71. The second-order valence-electron chi connectivity index (χ2n) is 6.30. The number of carbonyl (C=O) groups is 1. The molecule has 0 atom stereocenters. The summed E-state index contributed by atoms with van der Waals surface area (Å²) in [6, 6.07) is 6.81. The maximum absolute atomic E-state index is 14.1. The van der Waals surface area contributed by atoms with Gasteiger partial charge in [0.25, 0.3) is 5.56 Å². The monoisotopic (exact) mass is 453 g/mol. The summed E-state index contributed by atoms with van der Waals surface area (Å²) in [5, 5.41) is -0.509. The fourth-order valence-electron chi connectivity index (χ4n) is 2.81. The number of amides is 1. The van der Waals surface area contributed by atoms with Gasteiger partial charge in [-0.3, -0.25) is 9.36 Å². The van der Waals surface area contributed by atoms with Crippen LogP contribution in [0.25, 0.3) is 5.69 Å². The normalized spacial score (nSPS) is 10.7. The van der Waals surface area contributed by atoms with E-state index in [9.17, 15) is 22.8 Å². The highest BCUT2D eigenvalue weighted by atomic mass is 35.5. The molecule has 1 amide bonds. The molecule has 0 fully saturated rings. The van der Waals surface area contributed by atoms with Crippen LogP contribution in [0.2, 0.25) is 5.02 Å². The first kappa shape index (κ1) is 22.2. The minimum atomic E-state index is -1.04. The molecule has 2 N–H and O–H groups in total. The highest BCUT2D eigenvalue weighted by Crippen LogP contribution is 2.24. The van der Waals surface area contributed by atoms with Gasteiger partial charge >= 0.3 is 6.09 Å². The third-order valence-corrected chi connectivity index (χ3v) is 4.55. The van der Waals surface area contributed by atoms with Crippen LogP contribution in [0.1, 0.15) is 17.0 Å². The van der Waals surface area contributed by atoms with Crippen LogP contribution in [-0.2, 0) is 18.0 Å². The second-order valence-corrected chi connectivity index (χ2v) is 6.68. The number of carbonyl (C=O) groups excluding carboxylic acids is 1. The summed E-state index contributed by atoms with van der Waals surface area (Å²) in [5.41, 5.74) is 4.05. The molecule has 0 bridgehead atoms. The van der Waals surface area contributed by atoms with Crippen LogP contribution >= 0.6 is 11.6 Å². The number of nitrogens with zero attached hydrogens (tertiary/aromatic N) is 2. The van der Waals surface area contributed by atoms with E-state index in [0.29, 0.717) is 10.1 Å². The van der Waals surface area contributed by atoms with Crippen LogP contribution in [0.15, 0.2) is 41.2 Å². The van der Waals surface area contributed by atoms with Gasteiger partial charge in [-0.1, -0.05) is 23.7 Å². The van der Waals surface area contributed by atoms with E-state index in [0.717, 1.165) is 30.3 Å². The first-order chi connectivity index (χ1) is 14.7. The number of aromatic nitrogens is 2. The molecule has 0 unspecified atom stereocenters. The predicted molar refractivity (Wildman–Crippen MR) is 105 cm³/mol. The third-order valence-electron chi connectivity index (χ3n) is 4.23. The Bertz CT molecular complexity index is 1200. The van der Waals surface area contributed by atoms with E-state index in [2.05, 4.69) is 9.72 Å². The van der Waals surface area contributed by atoms with Crippen LogP contribution in [0.5, 0.6) is 5.88 Å². The van der Waals surface area contributed by atoms with Crippen molar-refractivity contribution in [3.63, 3.8) is 0 Å². The summed E-state index contributed by atoms with van der Waals surface area (Å²) in [7, 11) is 0. The fourth-order valence-corrected chi connectivity index (χ4v) is 2.99. The van der Waals surface area contributed by atoms with E-state index in [4.69, 9.17) is 22.1 Å². The summed E-state index contributed by atoms with van der Waals surface area (Å²) in [6.45, 7) is 0.821. The maximum atomic E-state index is 14.1. The number of primary amides is 1. The predicted octanol–water partition coefficient (Wildman–Crippen LogP) is 3.79. The lowest BCUT2D eigenvalue weighted by Crippen LogP contribution is -2.25. The van der Waals surface area contributed by atoms with Gasteiger partial charge in [-0.2, -0.15) is 4.98 Å². The van der Waals surface area contributed by atoms with Crippen molar-refractivity contribution in [2.24, 2.45) is 5.73 Å². The minimum absolute atomic E-state index is 0.0789. The Morgan fingerprint density at radius 2 is 1.81 bits per heavy atom. The molecule has 11 heteroatoms. The SMILES string of the molecule is Cc1nc(OCc2ccc(F)cc2COC(N)=O)c(Cl)c(=O)n1-c1c(F)cccc1F. The van der Waals surface area contributed by atoms with Crippen LogP contribution in [-0.4, -0.2) is 15.6 Å². The molecule has 0 spiro atoms. The van der Waals surface area contributed by atoms with Gasteiger partial charge in [-0.25, -0.2) is 18.0 Å². The molecule has 31 heavy (non-hydrogen) atoms. The van der Waals surface area contributed by atoms with E-state index in [1.165, 1.54) is 13.0 Å². The molecule has 162 valence electrons. The number of hydrogen-bond donors (Lipinski definition) is 1. The van der Waals surface area contributed by atoms with Gasteiger partial charge in [0.05, 0.1) is 0 Å². The molecule has 0 aliphatic rings. The van der Waals surface area contributed by atoms with Gasteiger partial charge in [0.15, 0.2) is 5.02 Å². The smallest absolute Gasteiger partial charge is 0.404 e. The lowest BCUT2D eigenvalue weighted by Gasteiger charge is -2.15. The number of para-hydroxylation sites is 1. The number of hydrogen-bond acceptors (Lipinski definition) is 5. The molecule has 0 radical (unpaired) electrons. The van der Waals surface area contributed by atoms with Crippen molar-refractivity contribution in [3.8, 4) is 11.6 Å². The summed E-state index contributed by atoms with van der Waals surface area (Å²) >= 11 is 6.05. The number of ether oxygens (including phenoxy) is 2. The number of aryl methyl sites for hydroxylation is 1. The van der Waals surface area contributed by atoms with Crippen molar-refractivity contribution in [2.75, 3.05) is 0 Å². The topological polar surface area (TPSA) is 96.4 Å². The second kappa shape index (κ2) is 9.09. The zero-order valence-corrected chi connectivity index (χ0v) is 16.8. The van der Waals surface area contributed by atoms with Gasteiger partial charge in [-0.05, 0) is 42.3 Å². The van der Waals surface area contributed by atoms with Crippen molar-refractivity contribution in [1.82, 2.24) is 9.55 Å². The number of rotatable bonds is 6. The van der Waals surface area contributed by atoms with E-state index in [-0.39, 0.29) is 30.5 Å². The van der Waals surface area contributed by atoms with Gasteiger partial charge < -0.3 is 15.2 Å². The van der Waals surface area contributed by atoms with Crippen LogP contribution in [0.3, 0.4) is 0 Å². The van der Waals surface area contributed by atoms with E-state index in [1.54, 1.807) is 0 Å². The van der Waals surface area contributed by atoms with Gasteiger partial charge in [0.1, 0.15) is 42.2 Å². The fraction of sp³-hybridized carbons (Fsp3) is 0.150. The zero-order valence-electron chi connectivity index (χ0n) is 16.0. The average molecular weight is 454 g/mol. The van der Waals surface area contributed by atoms with Crippen molar-refractivity contribution < 1.29 is 27.4 Å². The molecule has 0 saturated heterocycles. The van der Waals surface area contributed by atoms with E-state index >= 15 is 0 Å². The third kappa shape index (κ3) is 4.80. The van der Waals surface area contributed by atoms with E-state index < -0.39 is 39.8 Å². The zero-order chi connectivity index (χ0) is 22.7. The molecule has 2 aromatic carbocycles. The molecule has 7 nitrogen and oxygen atoms in total. The maximum Gasteiger partial charge on any atom is 0.404 e. The van der Waals surface area contributed by atoms with Crippen LogP contribution in [0, 0.1) is 24.4 Å². The Morgan fingerprint density at radius 1 is 1.13 bits per heavy atom. The number of halogens is 4. The summed E-state index contributed by atoms with van der Waals surface area (Å²) in [6.07, 6.45) is -1.04. The Hall–Kier alpha value is -3.53. The molecule has 3 rings (SSSR count). The molecule has 1 aromatic heterocycles. The Morgan fingerprint density at radius 3 is 2.45 bits per heavy atom. The molecular weight excluding hydrogens is 439 g/mol. The van der Waals surface area contributed by atoms with Crippen molar-refractivity contribution in [1.29, 1.82) is 0 Å². The van der Waals surface area contributed by atoms with Crippen LogP contribution in [0.4, 0.5) is 18.0 Å². The van der Waals surface area contributed by atoms with Crippen LogP contribution < -0.4 is 16.0 Å². The molecule has 0 aliphatic heterocycles. The standard InChI is InChI=1S/C20H15ClF3N3O4/c1-10-26-18(16(21)19(28)27(10)17-14(23)3-2-4-15(17)24)30-8-11-5-6-13(22)7-12(11)9-31-20(25)29/h2-7H,8-9H2,1H3,(H2,25,29). The largest absolute Gasteiger partial charge is 0.472 e. The van der Waals surface area contributed by atoms with Gasteiger partial charge in [0, 0.05) is 0 Å². The highest BCUT2D eigenvalue weighted by molar-refractivity contribution is 6.31. The lowest BCUT2D eigenvalue weighted by atomic mass is 10.1. The molecular formula is C20H15ClF3N3O4. The van der Waals surface area contributed by atoms with Gasteiger partial charge in [-0.15, -0.1) is 0 Å². The molecule has 0 aliphatic carbocycles. The van der Waals surface area contributed by atoms with E-state index in [1.807, 2.05) is 0 Å². The summed E-state index contributed by atoms with van der Waals surface area (Å²) in [5.74, 6) is -2.88. The number of nitrogens with two attached hydrogens (primary N) is 1. The van der Waals surface area contributed by atoms with Gasteiger partial charge in [0.2, 0.25) is 5.88 Å². The summed E-state index contributed by atoms with van der Waals surface area (Å²) < 4.78 is 52.6. The first-order valence-electron chi connectivity index (χ1n) is 8.75. The molecule has 0 saturated carbocycles. The highest BCUT2D eigenvalue weighted by Gasteiger charge is 2.20. The summed E-state index contributed by atoms with van der Waals surface area (Å²) in [4.78, 5) is 27.5. The minimum Gasteiger partial charge on any atom is -0.472 e. The van der Waals surface area contributed by atoms with Crippen molar-refractivity contribution >= 4 is 17.7 Å². The first-order valence-corrected chi connectivity index (χ1v) is 9.12.